The molecule has 0 saturated carbocycles. The van der Waals surface area contributed by atoms with E-state index in [1.165, 1.54) is 0 Å². The number of carbonyl (C=O) groups is 1. The third-order valence-electron chi connectivity index (χ3n) is 2.87. The zero-order valence-electron chi connectivity index (χ0n) is 10.7. The van der Waals surface area contributed by atoms with E-state index in [1.54, 1.807) is 26.0 Å². The van der Waals surface area contributed by atoms with Crippen LogP contribution in [0.3, 0.4) is 0 Å². The molecule has 0 saturated heterocycles. The molecule has 0 bridgehead atoms. The molecule has 1 atom stereocenters. The summed E-state index contributed by atoms with van der Waals surface area (Å²) in [4.78, 5) is 12.7. The molecule has 4 heteroatoms. The van der Waals surface area contributed by atoms with Crippen molar-refractivity contribution in [3.8, 4) is 5.75 Å². The second-order valence-corrected chi connectivity index (χ2v) is 4.24. The first-order valence-corrected chi connectivity index (χ1v) is 5.52. The molecule has 0 radical (unpaired) electrons. The largest absolute Gasteiger partial charge is 0.496 e. The number of likely N-dealkylation sites (N-methyl/N-ethyl adjacent to an activating group) is 1. The second kappa shape index (κ2) is 5.68. The van der Waals surface area contributed by atoms with Gasteiger partial charge in [-0.05, 0) is 27.0 Å². The molecular formula is C13H19NO3. The number of aryl methyl sites for hydroxylation is 1. The summed E-state index contributed by atoms with van der Waals surface area (Å²) in [5, 5.41) is 8.94. The van der Waals surface area contributed by atoms with Gasteiger partial charge in [-0.2, -0.15) is 0 Å². The molecule has 0 spiro atoms. The molecule has 1 rings (SSSR count). The van der Waals surface area contributed by atoms with E-state index >= 15 is 0 Å². The smallest absolute Gasteiger partial charge is 0.320 e. The van der Waals surface area contributed by atoms with Crippen molar-refractivity contribution in [3.63, 3.8) is 0 Å². The number of hydrogen-bond donors (Lipinski definition) is 1. The van der Waals surface area contributed by atoms with Gasteiger partial charge in [-0.3, -0.25) is 9.69 Å². The molecule has 0 heterocycles. The lowest BCUT2D eigenvalue weighted by Gasteiger charge is -2.22. The van der Waals surface area contributed by atoms with Crippen molar-refractivity contribution in [1.29, 1.82) is 0 Å². The first-order chi connectivity index (χ1) is 7.95. The summed E-state index contributed by atoms with van der Waals surface area (Å²) in [6.07, 6.45) is 0. The number of methoxy groups -OCH3 is 1. The van der Waals surface area contributed by atoms with Crippen LogP contribution in [-0.4, -0.2) is 36.2 Å². The molecule has 0 aliphatic heterocycles. The average Bonchev–Trinajstić information content (AvgIpc) is 2.28. The van der Waals surface area contributed by atoms with Gasteiger partial charge in [0, 0.05) is 12.1 Å². The molecule has 0 aliphatic rings. The Bertz CT molecular complexity index is 404. The Morgan fingerprint density at radius 2 is 2.18 bits per heavy atom. The highest BCUT2D eigenvalue weighted by molar-refractivity contribution is 5.72. The lowest BCUT2D eigenvalue weighted by atomic mass is 10.1. The van der Waals surface area contributed by atoms with Gasteiger partial charge >= 0.3 is 5.97 Å². The van der Waals surface area contributed by atoms with E-state index in [1.807, 2.05) is 25.1 Å². The first-order valence-electron chi connectivity index (χ1n) is 5.52. The van der Waals surface area contributed by atoms with Crippen LogP contribution in [-0.2, 0) is 11.3 Å². The molecule has 0 aromatic heterocycles. The van der Waals surface area contributed by atoms with Crippen molar-refractivity contribution < 1.29 is 14.6 Å². The quantitative estimate of drug-likeness (QED) is 0.850. The lowest BCUT2D eigenvalue weighted by Crippen LogP contribution is -2.35. The van der Waals surface area contributed by atoms with Gasteiger partial charge in [0.2, 0.25) is 0 Å². The molecule has 0 fully saturated rings. The fourth-order valence-electron chi connectivity index (χ4n) is 1.63. The summed E-state index contributed by atoms with van der Waals surface area (Å²) in [6.45, 7) is 4.23. The summed E-state index contributed by atoms with van der Waals surface area (Å²) in [6, 6.07) is 5.39. The fraction of sp³-hybridized carbons (Fsp3) is 0.462. The summed E-state index contributed by atoms with van der Waals surface area (Å²) in [7, 11) is 3.41. The highest BCUT2D eigenvalue weighted by atomic mass is 16.5. The van der Waals surface area contributed by atoms with Crippen LogP contribution in [0.15, 0.2) is 18.2 Å². The monoisotopic (exact) mass is 237 g/mol. The predicted octanol–water partition coefficient (Wildman–Crippen LogP) is 1.91. The molecule has 1 unspecified atom stereocenters. The van der Waals surface area contributed by atoms with Crippen LogP contribution >= 0.6 is 0 Å². The summed E-state index contributed by atoms with van der Waals surface area (Å²) in [5.74, 6) is -0.0286. The maximum atomic E-state index is 10.9. The Morgan fingerprint density at radius 3 is 2.71 bits per heavy atom. The Morgan fingerprint density at radius 1 is 1.53 bits per heavy atom. The molecule has 94 valence electrons. The summed E-state index contributed by atoms with van der Waals surface area (Å²) in [5.41, 5.74) is 2.14. The highest BCUT2D eigenvalue weighted by Crippen LogP contribution is 2.21. The zero-order valence-corrected chi connectivity index (χ0v) is 10.7. The lowest BCUT2D eigenvalue weighted by molar-refractivity contribution is -0.142. The van der Waals surface area contributed by atoms with E-state index in [0.29, 0.717) is 6.54 Å². The Balaban J connectivity index is 2.86. The van der Waals surface area contributed by atoms with Crippen molar-refractivity contribution in [3.05, 3.63) is 29.3 Å². The van der Waals surface area contributed by atoms with Crippen LogP contribution in [0.1, 0.15) is 18.1 Å². The van der Waals surface area contributed by atoms with E-state index in [-0.39, 0.29) is 0 Å². The van der Waals surface area contributed by atoms with Crippen LogP contribution in [0.25, 0.3) is 0 Å². The number of carboxylic acids is 1. The number of aliphatic carboxylic acids is 1. The van der Waals surface area contributed by atoms with Gasteiger partial charge in [0.25, 0.3) is 0 Å². The maximum absolute atomic E-state index is 10.9. The van der Waals surface area contributed by atoms with Gasteiger partial charge in [-0.25, -0.2) is 0 Å². The minimum Gasteiger partial charge on any atom is -0.496 e. The van der Waals surface area contributed by atoms with E-state index in [2.05, 4.69) is 0 Å². The summed E-state index contributed by atoms with van der Waals surface area (Å²) >= 11 is 0. The Kier molecular flexibility index (Phi) is 4.52. The maximum Gasteiger partial charge on any atom is 0.320 e. The number of hydrogen-bond acceptors (Lipinski definition) is 3. The molecule has 4 nitrogen and oxygen atoms in total. The zero-order chi connectivity index (χ0) is 13.0. The van der Waals surface area contributed by atoms with Gasteiger partial charge in [0.05, 0.1) is 7.11 Å². The molecule has 1 aromatic carbocycles. The first kappa shape index (κ1) is 13.5. The number of benzene rings is 1. The van der Waals surface area contributed by atoms with Crippen LogP contribution < -0.4 is 4.74 Å². The number of nitrogens with zero attached hydrogens (tertiary/aromatic N) is 1. The highest BCUT2D eigenvalue weighted by Gasteiger charge is 2.18. The van der Waals surface area contributed by atoms with Crippen molar-refractivity contribution >= 4 is 5.97 Å². The van der Waals surface area contributed by atoms with Gasteiger partial charge < -0.3 is 9.84 Å². The van der Waals surface area contributed by atoms with Crippen molar-refractivity contribution in [1.82, 2.24) is 4.90 Å². The van der Waals surface area contributed by atoms with Gasteiger partial charge in [-0.1, -0.05) is 17.7 Å². The molecule has 1 aromatic rings. The van der Waals surface area contributed by atoms with Crippen LogP contribution in [0, 0.1) is 6.92 Å². The Labute approximate surface area is 102 Å². The minimum atomic E-state index is -0.820. The number of carboxylic acid groups (broad SMARTS) is 1. The topological polar surface area (TPSA) is 49.8 Å². The van der Waals surface area contributed by atoms with Crippen LogP contribution in [0.5, 0.6) is 5.75 Å². The standard InChI is InChI=1S/C13H19NO3/c1-9-5-6-12(17-4)11(7-9)8-14(3)10(2)13(15)16/h5-7,10H,8H2,1-4H3,(H,15,16). The molecule has 17 heavy (non-hydrogen) atoms. The van der Waals surface area contributed by atoms with Crippen LogP contribution in [0.4, 0.5) is 0 Å². The van der Waals surface area contributed by atoms with Gasteiger partial charge in [-0.15, -0.1) is 0 Å². The van der Waals surface area contributed by atoms with Crippen molar-refractivity contribution in [2.75, 3.05) is 14.2 Å². The Hall–Kier alpha value is -1.55. The van der Waals surface area contributed by atoms with Crippen molar-refractivity contribution in [2.24, 2.45) is 0 Å². The SMILES string of the molecule is COc1ccc(C)cc1CN(C)C(C)C(=O)O. The third kappa shape index (κ3) is 3.46. The number of rotatable bonds is 5. The van der Waals surface area contributed by atoms with E-state index < -0.39 is 12.0 Å². The second-order valence-electron chi connectivity index (χ2n) is 4.24. The third-order valence-corrected chi connectivity index (χ3v) is 2.87. The number of ether oxygens (including phenoxy) is 1. The molecule has 0 aliphatic carbocycles. The molecular weight excluding hydrogens is 218 g/mol. The van der Waals surface area contributed by atoms with E-state index in [4.69, 9.17) is 9.84 Å². The predicted molar refractivity (Wildman–Crippen MR) is 66.3 cm³/mol. The van der Waals surface area contributed by atoms with E-state index in [0.717, 1.165) is 16.9 Å². The fourth-order valence-corrected chi connectivity index (χ4v) is 1.63. The van der Waals surface area contributed by atoms with Crippen molar-refractivity contribution in [2.45, 2.75) is 26.4 Å². The van der Waals surface area contributed by atoms with E-state index in [9.17, 15) is 4.79 Å². The average molecular weight is 237 g/mol. The van der Waals surface area contributed by atoms with Crippen LogP contribution in [0.2, 0.25) is 0 Å². The normalized spacial score (nSPS) is 12.5. The minimum absolute atomic E-state index is 0.514. The summed E-state index contributed by atoms with van der Waals surface area (Å²) < 4.78 is 5.27. The van der Waals surface area contributed by atoms with Gasteiger partial charge in [0.15, 0.2) is 0 Å². The van der Waals surface area contributed by atoms with Gasteiger partial charge in [0.1, 0.15) is 11.8 Å². The molecule has 0 amide bonds. The molecule has 1 N–H and O–H groups in total.